The van der Waals surface area contributed by atoms with Crippen LogP contribution in [0.2, 0.25) is 0 Å². The van der Waals surface area contributed by atoms with E-state index in [1.165, 1.54) is 15.6 Å². The summed E-state index contributed by atoms with van der Waals surface area (Å²) < 4.78 is 1.30. The Morgan fingerprint density at radius 3 is 2.76 bits per heavy atom. The van der Waals surface area contributed by atoms with Crippen molar-refractivity contribution in [2.45, 2.75) is 6.92 Å². The maximum Gasteiger partial charge on any atom is 0.118 e. The number of hydrogen-bond acceptors (Lipinski definition) is 2. The van der Waals surface area contributed by atoms with Gasteiger partial charge in [-0.3, -0.25) is 0 Å². The highest BCUT2D eigenvalue weighted by molar-refractivity contribution is 7.17. The molecule has 1 nitrogen and oxygen atoms in total. The summed E-state index contributed by atoms with van der Waals surface area (Å²) in [6.07, 6.45) is 0. The molecule has 0 bridgehead atoms. The molecule has 84 valence electrons. The minimum atomic E-state index is 0.354. The zero-order chi connectivity index (χ0) is 11.8. The van der Waals surface area contributed by atoms with Gasteiger partial charge in [-0.2, -0.15) is 0 Å². The van der Waals surface area contributed by atoms with E-state index in [2.05, 4.69) is 29.6 Å². The lowest BCUT2D eigenvalue weighted by molar-refractivity contribution is 0.471. The Balaban J connectivity index is 2.26. The van der Waals surface area contributed by atoms with E-state index >= 15 is 0 Å². The van der Waals surface area contributed by atoms with E-state index in [1.54, 1.807) is 17.4 Å². The highest BCUT2D eigenvalue weighted by Crippen LogP contribution is 2.34. The summed E-state index contributed by atoms with van der Waals surface area (Å²) in [4.78, 5) is 0. The van der Waals surface area contributed by atoms with Crippen molar-refractivity contribution in [1.82, 2.24) is 0 Å². The summed E-state index contributed by atoms with van der Waals surface area (Å²) in [7, 11) is 0. The molecule has 1 aromatic heterocycles. The topological polar surface area (TPSA) is 20.2 Å². The molecule has 1 N–H and O–H groups in total. The van der Waals surface area contributed by atoms with Gasteiger partial charge in [0.15, 0.2) is 0 Å². The van der Waals surface area contributed by atoms with Gasteiger partial charge in [-0.15, -0.1) is 11.3 Å². The maximum absolute atomic E-state index is 9.57. The quantitative estimate of drug-likeness (QED) is 0.660. The van der Waals surface area contributed by atoms with E-state index in [9.17, 15) is 5.11 Å². The molecule has 0 atom stereocenters. The molecule has 0 fully saturated rings. The first-order valence-electron chi connectivity index (χ1n) is 5.52. The molecule has 0 saturated heterocycles. The summed E-state index contributed by atoms with van der Waals surface area (Å²) in [6.45, 7) is 1.92. The van der Waals surface area contributed by atoms with Crippen LogP contribution in [0.1, 0.15) is 5.56 Å². The van der Waals surface area contributed by atoms with Crippen molar-refractivity contribution < 1.29 is 5.11 Å². The Kier molecular flexibility index (Phi) is 2.37. The van der Waals surface area contributed by atoms with E-state index in [0.29, 0.717) is 5.75 Å². The lowest BCUT2D eigenvalue weighted by atomic mass is 10.0. The minimum absolute atomic E-state index is 0.354. The number of phenols is 1. The van der Waals surface area contributed by atoms with Gasteiger partial charge in [0.05, 0.1) is 0 Å². The molecule has 2 heteroatoms. The van der Waals surface area contributed by atoms with Crippen LogP contribution in [-0.2, 0) is 0 Å². The van der Waals surface area contributed by atoms with Crippen LogP contribution in [0.25, 0.3) is 21.2 Å². The number of phenolic OH excluding ortho intramolecular Hbond substituents is 1. The number of thiophene rings is 1. The third-order valence-corrected chi connectivity index (χ3v) is 3.95. The highest BCUT2D eigenvalue weighted by atomic mass is 32.1. The van der Waals surface area contributed by atoms with Gasteiger partial charge in [0.2, 0.25) is 0 Å². The lowest BCUT2D eigenvalue weighted by Gasteiger charge is -2.06. The largest absolute Gasteiger partial charge is 0.508 e. The first-order valence-corrected chi connectivity index (χ1v) is 6.40. The number of fused-ring (bicyclic) bond motifs is 1. The predicted molar refractivity (Wildman–Crippen MR) is 73.7 cm³/mol. The monoisotopic (exact) mass is 240 g/mol. The summed E-state index contributed by atoms with van der Waals surface area (Å²) in [5, 5.41) is 13.0. The Morgan fingerprint density at radius 2 is 1.94 bits per heavy atom. The zero-order valence-electron chi connectivity index (χ0n) is 9.47. The fraction of sp³-hybridized carbons (Fsp3) is 0.0667. The van der Waals surface area contributed by atoms with Crippen molar-refractivity contribution in [3.8, 4) is 16.9 Å². The van der Waals surface area contributed by atoms with Crippen molar-refractivity contribution in [2.24, 2.45) is 0 Å². The lowest BCUT2D eigenvalue weighted by Crippen LogP contribution is -1.80. The van der Waals surface area contributed by atoms with Crippen LogP contribution in [0, 0.1) is 6.92 Å². The first-order chi connectivity index (χ1) is 8.25. The van der Waals surface area contributed by atoms with Gasteiger partial charge < -0.3 is 5.11 Å². The van der Waals surface area contributed by atoms with Crippen molar-refractivity contribution in [2.75, 3.05) is 0 Å². The molecule has 3 rings (SSSR count). The molecule has 0 spiro atoms. The molecule has 3 aromatic rings. The first kappa shape index (κ1) is 10.4. The average Bonchev–Trinajstić information content (AvgIpc) is 2.80. The van der Waals surface area contributed by atoms with Crippen molar-refractivity contribution in [1.29, 1.82) is 0 Å². The molecule has 0 amide bonds. The molecule has 0 unspecified atom stereocenters. The summed E-state index contributed by atoms with van der Waals surface area (Å²) in [5.74, 6) is 0.354. The average molecular weight is 240 g/mol. The van der Waals surface area contributed by atoms with Crippen LogP contribution in [-0.4, -0.2) is 5.11 Å². The van der Waals surface area contributed by atoms with Gasteiger partial charge >= 0.3 is 0 Å². The van der Waals surface area contributed by atoms with E-state index in [0.717, 1.165) is 11.1 Å². The summed E-state index contributed by atoms with van der Waals surface area (Å²) in [5.41, 5.74) is 3.31. The van der Waals surface area contributed by atoms with E-state index in [4.69, 9.17) is 0 Å². The third kappa shape index (κ3) is 1.71. The standard InChI is InChI=1S/C15H12OS/c1-10-9-12(5-6-14(10)16)13-4-2-3-11-7-8-17-15(11)13/h2-9,16H,1H3. The number of hydrogen-bond donors (Lipinski definition) is 1. The smallest absolute Gasteiger partial charge is 0.118 e. The van der Waals surface area contributed by atoms with Crippen LogP contribution in [0.4, 0.5) is 0 Å². The molecule has 17 heavy (non-hydrogen) atoms. The third-order valence-electron chi connectivity index (χ3n) is 2.99. The van der Waals surface area contributed by atoms with Gasteiger partial charge in [0, 0.05) is 4.70 Å². The van der Waals surface area contributed by atoms with Gasteiger partial charge in [-0.25, -0.2) is 0 Å². The van der Waals surface area contributed by atoms with Crippen LogP contribution in [0.15, 0.2) is 47.8 Å². The molecule has 0 radical (unpaired) electrons. The zero-order valence-corrected chi connectivity index (χ0v) is 10.3. The second-order valence-corrected chi connectivity index (χ2v) is 5.06. The van der Waals surface area contributed by atoms with Crippen molar-refractivity contribution >= 4 is 21.4 Å². The second-order valence-electron chi connectivity index (χ2n) is 4.15. The minimum Gasteiger partial charge on any atom is -0.508 e. The Hall–Kier alpha value is -1.80. The van der Waals surface area contributed by atoms with E-state index in [1.807, 2.05) is 19.1 Å². The number of aryl methyl sites for hydroxylation is 1. The Morgan fingerprint density at radius 1 is 1.06 bits per heavy atom. The maximum atomic E-state index is 9.57. The van der Waals surface area contributed by atoms with Crippen molar-refractivity contribution in [3.63, 3.8) is 0 Å². The fourth-order valence-corrected chi connectivity index (χ4v) is 2.98. The Labute approximate surface area is 104 Å². The van der Waals surface area contributed by atoms with Gasteiger partial charge in [-0.1, -0.05) is 24.3 Å². The molecule has 0 aliphatic carbocycles. The molecule has 1 heterocycles. The van der Waals surface area contributed by atoms with Crippen LogP contribution < -0.4 is 0 Å². The molecular formula is C15H12OS. The van der Waals surface area contributed by atoms with Crippen LogP contribution in [0.3, 0.4) is 0 Å². The SMILES string of the molecule is Cc1cc(-c2cccc3ccsc23)ccc1O. The molecule has 0 saturated carbocycles. The number of aromatic hydroxyl groups is 1. The molecule has 0 aliphatic heterocycles. The molecular weight excluding hydrogens is 228 g/mol. The van der Waals surface area contributed by atoms with Crippen LogP contribution in [0.5, 0.6) is 5.75 Å². The summed E-state index contributed by atoms with van der Waals surface area (Å²) in [6, 6.07) is 14.2. The van der Waals surface area contributed by atoms with Gasteiger partial charge in [0.25, 0.3) is 0 Å². The normalized spacial score (nSPS) is 10.9. The van der Waals surface area contributed by atoms with Crippen molar-refractivity contribution in [3.05, 3.63) is 53.4 Å². The molecule has 0 aliphatic rings. The predicted octanol–water partition coefficient (Wildman–Crippen LogP) is 4.58. The highest BCUT2D eigenvalue weighted by Gasteiger charge is 2.06. The Bertz CT molecular complexity index is 682. The molecule has 2 aromatic carbocycles. The van der Waals surface area contributed by atoms with Gasteiger partial charge in [0.1, 0.15) is 5.75 Å². The van der Waals surface area contributed by atoms with Gasteiger partial charge in [-0.05, 0) is 52.6 Å². The fourth-order valence-electron chi connectivity index (χ4n) is 2.04. The van der Waals surface area contributed by atoms with Crippen LogP contribution >= 0.6 is 11.3 Å². The number of rotatable bonds is 1. The second kappa shape index (κ2) is 3.90. The summed E-state index contributed by atoms with van der Waals surface area (Å²) >= 11 is 1.76. The number of benzene rings is 2. The van der Waals surface area contributed by atoms with E-state index in [-0.39, 0.29) is 0 Å². The van der Waals surface area contributed by atoms with E-state index < -0.39 is 0 Å².